The van der Waals surface area contributed by atoms with Gasteiger partial charge in [-0.1, -0.05) is 11.3 Å². The lowest BCUT2D eigenvalue weighted by molar-refractivity contribution is 0.355. The number of fused-ring (bicyclic) bond motifs is 1. The molecule has 0 aliphatic carbocycles. The summed E-state index contributed by atoms with van der Waals surface area (Å²) in [5, 5.41) is 4.16. The van der Waals surface area contributed by atoms with Crippen molar-refractivity contribution in [1.82, 2.24) is 14.6 Å². The van der Waals surface area contributed by atoms with Gasteiger partial charge in [0.2, 0.25) is 4.96 Å². The predicted molar refractivity (Wildman–Crippen MR) is 69.4 cm³/mol. The summed E-state index contributed by atoms with van der Waals surface area (Å²) in [7, 11) is 3.24. The first-order chi connectivity index (χ1) is 8.81. The molecule has 5 nitrogen and oxygen atoms in total. The van der Waals surface area contributed by atoms with E-state index in [1.807, 2.05) is 24.4 Å². The normalized spacial score (nSPS) is 10.8. The van der Waals surface area contributed by atoms with Crippen LogP contribution in [0, 0.1) is 0 Å². The Hall–Kier alpha value is -2.08. The molecular weight excluding hydrogens is 250 g/mol. The summed E-state index contributed by atoms with van der Waals surface area (Å²) >= 11 is 1.51. The topological polar surface area (TPSA) is 48.7 Å². The fraction of sp³-hybridized carbons (Fsp3) is 0.167. The maximum atomic E-state index is 5.28. The second kappa shape index (κ2) is 4.30. The molecule has 3 aromatic rings. The average Bonchev–Trinajstić information content (AvgIpc) is 2.98. The highest BCUT2D eigenvalue weighted by molar-refractivity contribution is 7.14. The second-order valence-electron chi connectivity index (χ2n) is 3.66. The molecule has 0 radical (unpaired) electrons. The summed E-state index contributed by atoms with van der Waals surface area (Å²) in [6.45, 7) is 0. The first kappa shape index (κ1) is 11.0. The Bertz CT molecular complexity index is 661. The fourth-order valence-electron chi connectivity index (χ4n) is 1.77. The minimum absolute atomic E-state index is 0.694. The highest BCUT2D eigenvalue weighted by Gasteiger charge is 2.10. The number of imidazole rings is 1. The highest BCUT2D eigenvalue weighted by atomic mass is 32.1. The quantitative estimate of drug-likeness (QED) is 0.726. The molecule has 0 saturated carbocycles. The van der Waals surface area contributed by atoms with Gasteiger partial charge >= 0.3 is 0 Å². The van der Waals surface area contributed by atoms with Gasteiger partial charge < -0.3 is 9.47 Å². The maximum Gasteiger partial charge on any atom is 0.212 e. The minimum Gasteiger partial charge on any atom is -0.493 e. The van der Waals surface area contributed by atoms with Crippen LogP contribution in [-0.4, -0.2) is 28.8 Å². The zero-order valence-corrected chi connectivity index (χ0v) is 10.8. The van der Waals surface area contributed by atoms with Crippen molar-refractivity contribution in [3.05, 3.63) is 29.9 Å². The van der Waals surface area contributed by atoms with E-state index in [1.54, 1.807) is 24.2 Å². The predicted octanol–water partition coefficient (Wildman–Crippen LogP) is 2.48. The van der Waals surface area contributed by atoms with Crippen LogP contribution in [-0.2, 0) is 0 Å². The molecule has 92 valence electrons. The molecule has 0 fully saturated rings. The third-order valence-corrected chi connectivity index (χ3v) is 3.35. The first-order valence-corrected chi connectivity index (χ1v) is 6.21. The molecule has 0 spiro atoms. The van der Waals surface area contributed by atoms with Crippen LogP contribution in [0.1, 0.15) is 0 Å². The van der Waals surface area contributed by atoms with Gasteiger partial charge in [-0.05, 0) is 18.2 Å². The van der Waals surface area contributed by atoms with Crippen LogP contribution in [0.4, 0.5) is 0 Å². The van der Waals surface area contributed by atoms with Crippen LogP contribution in [0.5, 0.6) is 11.5 Å². The molecule has 3 rings (SSSR count). The summed E-state index contributed by atoms with van der Waals surface area (Å²) < 4.78 is 12.3. The van der Waals surface area contributed by atoms with E-state index in [4.69, 9.17) is 9.47 Å². The van der Waals surface area contributed by atoms with E-state index in [-0.39, 0.29) is 0 Å². The molecule has 1 aromatic carbocycles. The Balaban J connectivity index is 2.08. The van der Waals surface area contributed by atoms with Crippen molar-refractivity contribution in [3.63, 3.8) is 0 Å². The van der Waals surface area contributed by atoms with E-state index in [2.05, 4.69) is 10.1 Å². The molecule has 2 aromatic heterocycles. The first-order valence-electron chi connectivity index (χ1n) is 5.33. The van der Waals surface area contributed by atoms with Crippen molar-refractivity contribution in [3.8, 4) is 22.8 Å². The SMILES string of the molecule is COc1ccc(-c2cn3ncsc3n2)cc1OC. The molecule has 0 aliphatic heterocycles. The maximum absolute atomic E-state index is 5.28. The van der Waals surface area contributed by atoms with Crippen LogP contribution in [0.15, 0.2) is 29.9 Å². The number of rotatable bonds is 3. The number of aromatic nitrogens is 3. The number of nitrogens with zero attached hydrogens (tertiary/aromatic N) is 3. The Morgan fingerprint density at radius 3 is 2.72 bits per heavy atom. The monoisotopic (exact) mass is 261 g/mol. The van der Waals surface area contributed by atoms with Gasteiger partial charge in [-0.2, -0.15) is 5.10 Å². The zero-order valence-electron chi connectivity index (χ0n) is 9.95. The van der Waals surface area contributed by atoms with Crippen molar-refractivity contribution in [2.24, 2.45) is 0 Å². The van der Waals surface area contributed by atoms with E-state index < -0.39 is 0 Å². The van der Waals surface area contributed by atoms with Crippen LogP contribution >= 0.6 is 11.3 Å². The van der Waals surface area contributed by atoms with Gasteiger partial charge in [0.25, 0.3) is 0 Å². The van der Waals surface area contributed by atoms with E-state index in [1.165, 1.54) is 11.3 Å². The summed E-state index contributed by atoms with van der Waals surface area (Å²) in [5.74, 6) is 1.40. The van der Waals surface area contributed by atoms with Crippen LogP contribution in [0.3, 0.4) is 0 Å². The van der Waals surface area contributed by atoms with Gasteiger partial charge in [-0.15, -0.1) is 0 Å². The number of hydrogen-bond acceptors (Lipinski definition) is 5. The van der Waals surface area contributed by atoms with Crippen LogP contribution in [0.25, 0.3) is 16.2 Å². The van der Waals surface area contributed by atoms with E-state index in [0.29, 0.717) is 11.5 Å². The number of methoxy groups -OCH3 is 2. The summed E-state index contributed by atoms with van der Waals surface area (Å²) in [4.78, 5) is 5.37. The Morgan fingerprint density at radius 2 is 2.00 bits per heavy atom. The minimum atomic E-state index is 0.694. The van der Waals surface area contributed by atoms with Crippen molar-refractivity contribution in [1.29, 1.82) is 0 Å². The summed E-state index contributed by atoms with van der Waals surface area (Å²) in [6.07, 6.45) is 1.90. The summed E-state index contributed by atoms with van der Waals surface area (Å²) in [5.41, 5.74) is 3.61. The highest BCUT2D eigenvalue weighted by Crippen LogP contribution is 2.32. The van der Waals surface area contributed by atoms with Crippen LogP contribution in [0.2, 0.25) is 0 Å². The van der Waals surface area contributed by atoms with Crippen molar-refractivity contribution in [2.75, 3.05) is 14.2 Å². The number of ether oxygens (including phenoxy) is 2. The third-order valence-electron chi connectivity index (χ3n) is 2.67. The van der Waals surface area contributed by atoms with Gasteiger partial charge in [-0.25, -0.2) is 9.50 Å². The molecular formula is C12H11N3O2S. The summed E-state index contributed by atoms with van der Waals surface area (Å²) in [6, 6.07) is 5.73. The van der Waals surface area contributed by atoms with Crippen LogP contribution < -0.4 is 9.47 Å². The fourth-order valence-corrected chi connectivity index (χ4v) is 2.38. The third kappa shape index (κ3) is 1.70. The smallest absolute Gasteiger partial charge is 0.212 e. The Kier molecular flexibility index (Phi) is 2.64. The molecule has 0 amide bonds. The van der Waals surface area contributed by atoms with Crippen molar-refractivity contribution in [2.45, 2.75) is 0 Å². The van der Waals surface area contributed by atoms with E-state index in [9.17, 15) is 0 Å². The van der Waals surface area contributed by atoms with E-state index in [0.717, 1.165) is 16.2 Å². The largest absolute Gasteiger partial charge is 0.493 e. The van der Waals surface area contributed by atoms with Crippen molar-refractivity contribution >= 4 is 16.3 Å². The lowest BCUT2D eigenvalue weighted by atomic mass is 10.1. The Labute approximate surface area is 108 Å². The number of hydrogen-bond donors (Lipinski definition) is 0. The molecule has 0 atom stereocenters. The lowest BCUT2D eigenvalue weighted by Crippen LogP contribution is -1.90. The number of benzene rings is 1. The van der Waals surface area contributed by atoms with Crippen molar-refractivity contribution < 1.29 is 9.47 Å². The van der Waals surface area contributed by atoms with Gasteiger partial charge in [-0.3, -0.25) is 0 Å². The Morgan fingerprint density at radius 1 is 1.17 bits per heavy atom. The lowest BCUT2D eigenvalue weighted by Gasteiger charge is -2.08. The second-order valence-corrected chi connectivity index (χ2v) is 4.47. The van der Waals surface area contributed by atoms with Gasteiger partial charge in [0.15, 0.2) is 11.5 Å². The molecule has 0 aliphatic rings. The molecule has 0 saturated heterocycles. The molecule has 0 N–H and O–H groups in total. The molecule has 2 heterocycles. The molecule has 0 bridgehead atoms. The van der Waals surface area contributed by atoms with Gasteiger partial charge in [0, 0.05) is 5.56 Å². The molecule has 0 unspecified atom stereocenters. The van der Waals surface area contributed by atoms with Gasteiger partial charge in [0.05, 0.1) is 26.1 Å². The average molecular weight is 261 g/mol. The van der Waals surface area contributed by atoms with E-state index >= 15 is 0 Å². The molecule has 18 heavy (non-hydrogen) atoms. The zero-order chi connectivity index (χ0) is 12.5. The molecule has 6 heteroatoms. The van der Waals surface area contributed by atoms with Gasteiger partial charge in [0.1, 0.15) is 5.51 Å². The standard InChI is InChI=1S/C12H11N3O2S/c1-16-10-4-3-8(5-11(10)17-2)9-6-15-12(14-9)18-7-13-15/h3-7H,1-2H3.